The van der Waals surface area contributed by atoms with Gasteiger partial charge in [-0.25, -0.2) is 0 Å². The molecular weight excluding hydrogens is 237 g/mol. The van der Waals surface area contributed by atoms with Gasteiger partial charge in [-0.05, 0) is 6.07 Å². The number of hydrogen-bond acceptors (Lipinski definition) is 5. The predicted molar refractivity (Wildman–Crippen MR) is 51.7 cm³/mol. The monoisotopic (exact) mass is 243 g/mol. The van der Waals surface area contributed by atoms with E-state index in [-0.39, 0.29) is 29.6 Å². The van der Waals surface area contributed by atoms with E-state index in [1.807, 2.05) is 0 Å². The van der Waals surface area contributed by atoms with Gasteiger partial charge in [-0.1, -0.05) is 0 Å². The Labute approximate surface area is 107 Å². The zero-order valence-electron chi connectivity index (χ0n) is 6.61. The number of nitro benzene ring substituents is 1. The quantitative estimate of drug-likeness (QED) is 0.324. The minimum absolute atomic E-state index is 0. The Morgan fingerprint density at radius 3 is 2.27 bits per heavy atom. The van der Waals surface area contributed by atoms with Crippen LogP contribution in [-0.4, -0.2) is 52.6 Å². The molecule has 2 N–H and O–H groups in total. The van der Waals surface area contributed by atoms with Crippen LogP contribution >= 0.6 is 0 Å². The average Bonchev–Trinajstić information content (AvgIpc) is 2.01. The van der Waals surface area contributed by atoms with Crippen molar-refractivity contribution in [3.8, 4) is 5.75 Å². The molecule has 0 aliphatic rings. The molecule has 1 aromatic rings. The molecule has 0 heterocycles. The van der Waals surface area contributed by atoms with Gasteiger partial charge in [-0.2, -0.15) is 8.42 Å². The molecule has 0 aliphatic carbocycles. The van der Waals surface area contributed by atoms with Crippen LogP contribution in [0.2, 0.25) is 0 Å². The Morgan fingerprint density at radius 1 is 1.33 bits per heavy atom. The third-order valence-electron chi connectivity index (χ3n) is 1.42. The molecule has 0 saturated carbocycles. The molecule has 0 aliphatic heterocycles. The molecule has 0 radical (unpaired) electrons. The van der Waals surface area contributed by atoms with Gasteiger partial charge in [0.1, 0.15) is 5.75 Å². The summed E-state index contributed by atoms with van der Waals surface area (Å²) in [6.45, 7) is 0. The van der Waals surface area contributed by atoms with Crippen molar-refractivity contribution in [1.29, 1.82) is 0 Å². The van der Waals surface area contributed by atoms with E-state index in [0.29, 0.717) is 6.07 Å². The van der Waals surface area contributed by atoms with Crippen molar-refractivity contribution >= 4 is 45.4 Å². The SMILES string of the molecule is O=[N+]([O-])c1ccc(O)cc1S(=O)(=O)O.[NaH]. The minimum atomic E-state index is -4.70. The summed E-state index contributed by atoms with van der Waals surface area (Å²) in [4.78, 5) is 8.43. The number of phenols is 1. The van der Waals surface area contributed by atoms with Gasteiger partial charge in [0.15, 0.2) is 4.90 Å². The van der Waals surface area contributed by atoms with Gasteiger partial charge in [0.25, 0.3) is 5.69 Å². The average molecular weight is 243 g/mol. The first-order chi connectivity index (χ1) is 6.32. The number of nitro groups is 1. The molecule has 1 rings (SSSR count). The zero-order chi connectivity index (χ0) is 10.9. The Hall–Kier alpha value is -0.670. The molecule has 1 aromatic carbocycles. The van der Waals surface area contributed by atoms with Crippen LogP contribution in [0.5, 0.6) is 5.75 Å². The molecule has 7 nitrogen and oxygen atoms in total. The van der Waals surface area contributed by atoms with Crippen LogP contribution < -0.4 is 0 Å². The van der Waals surface area contributed by atoms with Gasteiger partial charge in [0, 0.05) is 12.1 Å². The van der Waals surface area contributed by atoms with Gasteiger partial charge in [-0.3, -0.25) is 14.7 Å². The summed E-state index contributed by atoms with van der Waals surface area (Å²) in [5.74, 6) is -0.483. The van der Waals surface area contributed by atoms with Crippen LogP contribution in [0.4, 0.5) is 5.69 Å². The van der Waals surface area contributed by atoms with Crippen molar-refractivity contribution in [2.45, 2.75) is 4.90 Å². The number of hydrogen-bond donors (Lipinski definition) is 2. The van der Waals surface area contributed by atoms with Crippen LogP contribution in [0.1, 0.15) is 0 Å². The molecule has 78 valence electrons. The van der Waals surface area contributed by atoms with Crippen molar-refractivity contribution in [2.24, 2.45) is 0 Å². The molecule has 15 heavy (non-hydrogen) atoms. The first kappa shape index (κ1) is 14.3. The van der Waals surface area contributed by atoms with Gasteiger partial charge >= 0.3 is 39.7 Å². The summed E-state index contributed by atoms with van der Waals surface area (Å²) >= 11 is 0. The summed E-state index contributed by atoms with van der Waals surface area (Å²) in [6.07, 6.45) is 0. The topological polar surface area (TPSA) is 118 Å². The van der Waals surface area contributed by atoms with Crippen molar-refractivity contribution < 1.29 is 23.0 Å². The second-order valence-corrected chi connectivity index (χ2v) is 3.77. The molecule has 0 spiro atoms. The standard InChI is InChI=1S/C6H5NO6S.Na.H/c8-4-1-2-5(7(9)10)6(3-4)14(11,12)13;;/h1-3,8H,(H,11,12,13);;. The molecule has 9 heteroatoms. The van der Waals surface area contributed by atoms with E-state index in [1.165, 1.54) is 0 Å². The second-order valence-electron chi connectivity index (χ2n) is 2.38. The Bertz CT molecular complexity index is 484. The van der Waals surface area contributed by atoms with Crippen LogP contribution in [0.25, 0.3) is 0 Å². The molecule has 0 aromatic heterocycles. The van der Waals surface area contributed by atoms with Crippen molar-refractivity contribution in [3.05, 3.63) is 28.3 Å². The first-order valence-corrected chi connectivity index (χ1v) is 4.71. The summed E-state index contributed by atoms with van der Waals surface area (Å²) in [5, 5.41) is 19.2. The maximum atomic E-state index is 10.7. The molecule has 0 fully saturated rings. The number of phenolic OH excluding ortho intramolecular Hbond substituents is 1. The van der Waals surface area contributed by atoms with E-state index in [0.717, 1.165) is 12.1 Å². The summed E-state index contributed by atoms with van der Waals surface area (Å²) < 4.78 is 29.9. The molecule has 0 unspecified atom stereocenters. The number of rotatable bonds is 2. The summed E-state index contributed by atoms with van der Waals surface area (Å²) in [7, 11) is -4.70. The Morgan fingerprint density at radius 2 is 1.87 bits per heavy atom. The van der Waals surface area contributed by atoms with Crippen LogP contribution in [-0.2, 0) is 10.1 Å². The predicted octanol–water partition coefficient (Wildman–Crippen LogP) is -0.101. The van der Waals surface area contributed by atoms with Crippen LogP contribution in [0.3, 0.4) is 0 Å². The third-order valence-corrected chi connectivity index (χ3v) is 2.30. The number of nitrogens with zero attached hydrogens (tertiary/aromatic N) is 1. The van der Waals surface area contributed by atoms with E-state index >= 15 is 0 Å². The number of benzene rings is 1. The summed E-state index contributed by atoms with van der Waals surface area (Å²) in [5.41, 5.74) is -0.787. The Balaban J connectivity index is 0.00000196. The maximum absolute atomic E-state index is 10.7. The van der Waals surface area contributed by atoms with Crippen LogP contribution in [0.15, 0.2) is 23.1 Å². The fourth-order valence-electron chi connectivity index (χ4n) is 0.860. The molecule has 0 bridgehead atoms. The normalized spacial score (nSPS) is 10.5. The van der Waals surface area contributed by atoms with Crippen molar-refractivity contribution in [3.63, 3.8) is 0 Å². The van der Waals surface area contributed by atoms with Gasteiger partial charge in [0.2, 0.25) is 0 Å². The van der Waals surface area contributed by atoms with E-state index in [2.05, 4.69) is 0 Å². The fourth-order valence-corrected chi connectivity index (χ4v) is 1.54. The van der Waals surface area contributed by atoms with Gasteiger partial charge in [-0.15, -0.1) is 0 Å². The van der Waals surface area contributed by atoms with E-state index in [9.17, 15) is 18.5 Å². The van der Waals surface area contributed by atoms with E-state index < -0.39 is 31.4 Å². The van der Waals surface area contributed by atoms with Crippen molar-refractivity contribution in [1.82, 2.24) is 0 Å². The summed E-state index contributed by atoms with van der Waals surface area (Å²) in [6, 6.07) is 2.35. The second kappa shape index (κ2) is 4.90. The fraction of sp³-hybridized carbons (Fsp3) is 0. The zero-order valence-corrected chi connectivity index (χ0v) is 7.43. The Kier molecular flexibility index (Phi) is 4.68. The molecule has 0 atom stereocenters. The van der Waals surface area contributed by atoms with Gasteiger partial charge < -0.3 is 5.11 Å². The molecule has 0 saturated heterocycles. The molecule has 0 amide bonds. The van der Waals surface area contributed by atoms with Gasteiger partial charge in [0.05, 0.1) is 4.92 Å². The first-order valence-electron chi connectivity index (χ1n) is 3.27. The van der Waals surface area contributed by atoms with E-state index in [1.54, 1.807) is 0 Å². The third kappa shape index (κ3) is 3.43. The van der Waals surface area contributed by atoms with Crippen LogP contribution in [0, 0.1) is 10.1 Å². The van der Waals surface area contributed by atoms with E-state index in [4.69, 9.17) is 9.66 Å². The molecular formula is C6H6NNaO6S. The van der Waals surface area contributed by atoms with Crippen molar-refractivity contribution in [2.75, 3.05) is 0 Å². The number of aromatic hydroxyl groups is 1.